The van der Waals surface area contributed by atoms with Gasteiger partial charge in [0.2, 0.25) is 5.91 Å². The molecular weight excluding hydrogens is 326 g/mol. The quantitative estimate of drug-likeness (QED) is 0.761. The van der Waals surface area contributed by atoms with E-state index in [1.54, 1.807) is 10.3 Å². The zero-order valence-electron chi connectivity index (χ0n) is 14.5. The SMILES string of the molecule is CCN(CC)CC(=O)N1CCN(C(=O)c2csc(CCN)n2)CC1. The molecule has 0 saturated carbocycles. The van der Waals surface area contributed by atoms with E-state index in [9.17, 15) is 9.59 Å². The third-order valence-corrected chi connectivity index (χ3v) is 5.21. The summed E-state index contributed by atoms with van der Waals surface area (Å²) < 4.78 is 0. The number of amides is 2. The molecule has 7 nitrogen and oxygen atoms in total. The number of aromatic nitrogens is 1. The molecule has 1 aliphatic rings. The number of likely N-dealkylation sites (N-methyl/N-ethyl adjacent to an activating group) is 1. The lowest BCUT2D eigenvalue weighted by atomic mass is 10.2. The van der Waals surface area contributed by atoms with Gasteiger partial charge in [-0.2, -0.15) is 0 Å². The van der Waals surface area contributed by atoms with E-state index in [4.69, 9.17) is 5.73 Å². The molecule has 1 aromatic heterocycles. The lowest BCUT2D eigenvalue weighted by molar-refractivity contribution is -0.133. The number of piperazine rings is 1. The number of nitrogens with zero attached hydrogens (tertiary/aromatic N) is 4. The Balaban J connectivity index is 1.85. The number of rotatable bonds is 7. The van der Waals surface area contributed by atoms with Gasteiger partial charge in [-0.3, -0.25) is 14.5 Å². The highest BCUT2D eigenvalue weighted by molar-refractivity contribution is 7.09. The molecule has 2 amide bonds. The smallest absolute Gasteiger partial charge is 0.273 e. The Morgan fingerprint density at radius 2 is 1.83 bits per heavy atom. The maximum Gasteiger partial charge on any atom is 0.273 e. The lowest BCUT2D eigenvalue weighted by Crippen LogP contribution is -2.52. The van der Waals surface area contributed by atoms with Crippen LogP contribution in [0.1, 0.15) is 29.3 Å². The molecule has 1 aromatic rings. The largest absolute Gasteiger partial charge is 0.338 e. The van der Waals surface area contributed by atoms with Crippen molar-refractivity contribution in [3.8, 4) is 0 Å². The van der Waals surface area contributed by atoms with Crippen LogP contribution in [0.3, 0.4) is 0 Å². The summed E-state index contributed by atoms with van der Waals surface area (Å²) in [6.07, 6.45) is 0.700. The van der Waals surface area contributed by atoms with Crippen molar-refractivity contribution in [1.82, 2.24) is 19.7 Å². The van der Waals surface area contributed by atoms with E-state index in [0.29, 0.717) is 51.4 Å². The van der Waals surface area contributed by atoms with Crippen LogP contribution in [0.2, 0.25) is 0 Å². The summed E-state index contributed by atoms with van der Waals surface area (Å²) in [5.74, 6) is 0.0926. The topological polar surface area (TPSA) is 82.8 Å². The first-order valence-electron chi connectivity index (χ1n) is 8.52. The zero-order valence-corrected chi connectivity index (χ0v) is 15.3. The highest BCUT2D eigenvalue weighted by Gasteiger charge is 2.26. The van der Waals surface area contributed by atoms with E-state index in [2.05, 4.69) is 23.7 Å². The number of carbonyl (C=O) groups excluding carboxylic acids is 2. The van der Waals surface area contributed by atoms with Crippen LogP contribution in [0, 0.1) is 0 Å². The molecule has 1 fully saturated rings. The Bertz CT molecular complexity index is 550. The molecule has 0 aliphatic carbocycles. The van der Waals surface area contributed by atoms with Crippen molar-refractivity contribution in [2.45, 2.75) is 20.3 Å². The first-order chi connectivity index (χ1) is 11.6. The highest BCUT2D eigenvalue weighted by atomic mass is 32.1. The molecule has 2 heterocycles. The van der Waals surface area contributed by atoms with Crippen molar-refractivity contribution >= 4 is 23.2 Å². The number of carbonyl (C=O) groups is 2. The third-order valence-electron chi connectivity index (χ3n) is 4.30. The average Bonchev–Trinajstić information content (AvgIpc) is 3.08. The molecule has 1 saturated heterocycles. The summed E-state index contributed by atoms with van der Waals surface area (Å²) >= 11 is 1.48. The normalized spacial score (nSPS) is 15.2. The van der Waals surface area contributed by atoms with E-state index in [-0.39, 0.29) is 11.8 Å². The zero-order chi connectivity index (χ0) is 17.5. The van der Waals surface area contributed by atoms with Crippen LogP contribution in [0.25, 0.3) is 0 Å². The van der Waals surface area contributed by atoms with E-state index in [1.807, 2.05) is 4.90 Å². The van der Waals surface area contributed by atoms with Gasteiger partial charge in [-0.1, -0.05) is 13.8 Å². The molecule has 24 heavy (non-hydrogen) atoms. The molecule has 134 valence electrons. The summed E-state index contributed by atoms with van der Waals surface area (Å²) in [6, 6.07) is 0. The van der Waals surface area contributed by atoms with Crippen molar-refractivity contribution in [2.75, 3.05) is 52.4 Å². The van der Waals surface area contributed by atoms with Gasteiger partial charge in [0.15, 0.2) is 0 Å². The molecule has 0 spiro atoms. The number of nitrogens with two attached hydrogens (primary N) is 1. The summed E-state index contributed by atoms with van der Waals surface area (Å²) in [7, 11) is 0. The fourth-order valence-electron chi connectivity index (χ4n) is 2.71. The van der Waals surface area contributed by atoms with E-state index < -0.39 is 0 Å². The van der Waals surface area contributed by atoms with E-state index in [1.165, 1.54) is 11.3 Å². The van der Waals surface area contributed by atoms with E-state index >= 15 is 0 Å². The van der Waals surface area contributed by atoms with Gasteiger partial charge >= 0.3 is 0 Å². The van der Waals surface area contributed by atoms with Crippen molar-refractivity contribution in [3.63, 3.8) is 0 Å². The van der Waals surface area contributed by atoms with Crippen LogP contribution in [-0.4, -0.2) is 83.9 Å². The maximum atomic E-state index is 12.5. The van der Waals surface area contributed by atoms with Crippen molar-refractivity contribution in [3.05, 3.63) is 16.1 Å². The second kappa shape index (κ2) is 9.10. The van der Waals surface area contributed by atoms with Crippen LogP contribution in [0.4, 0.5) is 0 Å². The van der Waals surface area contributed by atoms with Gasteiger partial charge in [0.25, 0.3) is 5.91 Å². The van der Waals surface area contributed by atoms with Gasteiger partial charge in [-0.05, 0) is 19.6 Å². The fraction of sp³-hybridized carbons (Fsp3) is 0.688. The monoisotopic (exact) mass is 353 g/mol. The van der Waals surface area contributed by atoms with Crippen molar-refractivity contribution < 1.29 is 9.59 Å². The summed E-state index contributed by atoms with van der Waals surface area (Å²) in [4.78, 5) is 34.9. The summed E-state index contributed by atoms with van der Waals surface area (Å²) in [5, 5.41) is 2.69. The van der Waals surface area contributed by atoms with Gasteiger partial charge in [0.05, 0.1) is 11.6 Å². The molecule has 2 rings (SSSR count). The van der Waals surface area contributed by atoms with Gasteiger partial charge < -0.3 is 15.5 Å². The lowest BCUT2D eigenvalue weighted by Gasteiger charge is -2.35. The summed E-state index contributed by atoms with van der Waals surface area (Å²) in [6.45, 7) is 9.14. The number of hydrogen-bond acceptors (Lipinski definition) is 6. The second-order valence-electron chi connectivity index (χ2n) is 5.80. The third kappa shape index (κ3) is 4.75. The average molecular weight is 353 g/mol. The van der Waals surface area contributed by atoms with Crippen molar-refractivity contribution in [1.29, 1.82) is 0 Å². The molecule has 0 unspecified atom stereocenters. The van der Waals surface area contributed by atoms with Gasteiger partial charge in [-0.15, -0.1) is 11.3 Å². The minimum Gasteiger partial charge on any atom is -0.338 e. The first-order valence-corrected chi connectivity index (χ1v) is 9.40. The Morgan fingerprint density at radius 1 is 1.21 bits per heavy atom. The number of hydrogen-bond donors (Lipinski definition) is 1. The second-order valence-corrected chi connectivity index (χ2v) is 6.74. The predicted octanol–water partition coefficient (Wildman–Crippen LogP) is 0.271. The van der Waals surface area contributed by atoms with Crippen molar-refractivity contribution in [2.24, 2.45) is 5.73 Å². The minimum absolute atomic E-state index is 0.0506. The van der Waals surface area contributed by atoms with Crippen LogP contribution in [0.15, 0.2) is 5.38 Å². The Hall–Kier alpha value is -1.51. The van der Waals surface area contributed by atoms with Gasteiger partial charge in [-0.25, -0.2) is 4.98 Å². The molecule has 2 N–H and O–H groups in total. The molecule has 0 atom stereocenters. The molecule has 1 aliphatic heterocycles. The van der Waals surface area contributed by atoms with Gasteiger partial charge in [0.1, 0.15) is 5.69 Å². The minimum atomic E-state index is -0.0506. The highest BCUT2D eigenvalue weighted by Crippen LogP contribution is 2.14. The van der Waals surface area contributed by atoms with Crippen LogP contribution in [0.5, 0.6) is 0 Å². The van der Waals surface area contributed by atoms with Gasteiger partial charge in [0, 0.05) is 38.0 Å². The Labute approximate surface area is 147 Å². The summed E-state index contributed by atoms with van der Waals surface area (Å²) in [5.41, 5.74) is 6.01. The van der Waals surface area contributed by atoms with Crippen LogP contribution < -0.4 is 5.73 Å². The Morgan fingerprint density at radius 3 is 2.42 bits per heavy atom. The molecular formula is C16H27N5O2S. The first kappa shape index (κ1) is 18.8. The number of thiazole rings is 1. The van der Waals surface area contributed by atoms with Crippen LogP contribution >= 0.6 is 11.3 Å². The predicted molar refractivity (Wildman–Crippen MR) is 95.1 cm³/mol. The van der Waals surface area contributed by atoms with Crippen LogP contribution in [-0.2, 0) is 11.2 Å². The molecule has 0 aromatic carbocycles. The standard InChI is InChI=1S/C16H27N5O2S/c1-3-19(4-2)11-15(22)20-7-9-21(10-8-20)16(23)13-12-24-14(18-13)5-6-17/h12H,3-11,17H2,1-2H3. The Kier molecular flexibility index (Phi) is 7.14. The fourth-order valence-corrected chi connectivity index (χ4v) is 3.49. The molecule has 0 radical (unpaired) electrons. The molecule has 0 bridgehead atoms. The molecule has 8 heteroatoms. The maximum absolute atomic E-state index is 12.5. The van der Waals surface area contributed by atoms with E-state index in [0.717, 1.165) is 18.1 Å².